The third-order valence-corrected chi connectivity index (χ3v) is 3.60. The lowest BCUT2D eigenvalue weighted by Gasteiger charge is -2.12. The van der Waals surface area contributed by atoms with Gasteiger partial charge in [0.2, 0.25) is 0 Å². The van der Waals surface area contributed by atoms with Crippen LogP contribution in [0.2, 0.25) is 0 Å². The maximum atomic E-state index is 9.74. The number of aromatic nitrogens is 5. The number of fused-ring (bicyclic) bond motifs is 1. The van der Waals surface area contributed by atoms with E-state index in [9.17, 15) is 5.11 Å². The summed E-state index contributed by atoms with van der Waals surface area (Å²) in [4.78, 5) is 0. The van der Waals surface area contributed by atoms with Crippen molar-refractivity contribution in [2.45, 2.75) is 24.9 Å². The summed E-state index contributed by atoms with van der Waals surface area (Å²) >= 11 is 3.28. The van der Waals surface area contributed by atoms with Gasteiger partial charge in [0.15, 0.2) is 17.7 Å². The predicted molar refractivity (Wildman–Crippen MR) is 66.9 cm³/mol. The number of anilines is 1. The van der Waals surface area contributed by atoms with Gasteiger partial charge in [0.05, 0.1) is 18.1 Å². The molecule has 1 saturated heterocycles. The van der Waals surface area contributed by atoms with Crippen LogP contribution in [0.15, 0.2) is 4.60 Å². The Balaban J connectivity index is 2.05. The van der Waals surface area contributed by atoms with E-state index in [2.05, 4.69) is 36.4 Å². The van der Waals surface area contributed by atoms with Crippen LogP contribution in [-0.2, 0) is 4.74 Å². The molecule has 4 N–H and O–H groups in total. The summed E-state index contributed by atoms with van der Waals surface area (Å²) in [5.74, 6) is 0.209. The third-order valence-electron chi connectivity index (χ3n) is 3.05. The Bertz CT molecular complexity index is 619. The fraction of sp³-hybridized carbons (Fsp3) is 0.556. The number of hydrogen-bond acceptors (Lipinski definition) is 8. The van der Waals surface area contributed by atoms with Gasteiger partial charge >= 0.3 is 0 Å². The van der Waals surface area contributed by atoms with E-state index in [0.717, 1.165) is 0 Å². The van der Waals surface area contributed by atoms with Crippen LogP contribution >= 0.6 is 15.9 Å². The van der Waals surface area contributed by atoms with Crippen LogP contribution in [0.1, 0.15) is 12.6 Å². The zero-order chi connectivity index (χ0) is 13.6. The van der Waals surface area contributed by atoms with Crippen molar-refractivity contribution in [3.8, 4) is 0 Å². The summed E-state index contributed by atoms with van der Waals surface area (Å²) < 4.78 is 7.48. The summed E-state index contributed by atoms with van der Waals surface area (Å²) in [6, 6.07) is 0. The number of hydrogen-bond donors (Lipinski definition) is 3. The molecule has 9 nitrogen and oxygen atoms in total. The molecular formula is C9H11BrN6O3. The zero-order valence-electron chi connectivity index (χ0n) is 9.64. The number of aliphatic hydroxyl groups is 2. The van der Waals surface area contributed by atoms with Crippen molar-refractivity contribution in [2.24, 2.45) is 0 Å². The average Bonchev–Trinajstić information content (AvgIpc) is 2.91. The predicted octanol–water partition coefficient (Wildman–Crippen LogP) is -0.793. The molecule has 3 heterocycles. The molecule has 0 saturated carbocycles. The summed E-state index contributed by atoms with van der Waals surface area (Å²) in [6.45, 7) is -0.257. The van der Waals surface area contributed by atoms with Gasteiger partial charge in [0.1, 0.15) is 10.7 Å². The standard InChI is InChI=1S/C9H11BrN6O3/c10-7-6-8(11)12-15-13-9(6)16(14-7)5-1-3(18)4(2-17)19-5/h3-5,17-18H,1-2H2,(H2,11,12,13)/t3-,4+,5+/m0/s1. The maximum Gasteiger partial charge on any atom is 0.189 e. The lowest BCUT2D eigenvalue weighted by molar-refractivity contribution is -0.0471. The van der Waals surface area contributed by atoms with E-state index in [1.165, 1.54) is 4.68 Å². The minimum absolute atomic E-state index is 0.209. The summed E-state index contributed by atoms with van der Waals surface area (Å²) in [5.41, 5.74) is 6.13. The largest absolute Gasteiger partial charge is 0.394 e. The van der Waals surface area contributed by atoms with E-state index < -0.39 is 18.4 Å². The summed E-state index contributed by atoms with van der Waals surface area (Å²) in [7, 11) is 0. The quantitative estimate of drug-likeness (QED) is 0.652. The van der Waals surface area contributed by atoms with Crippen LogP contribution in [-0.4, -0.2) is 54.2 Å². The molecule has 0 bridgehead atoms. The minimum atomic E-state index is -0.750. The molecule has 10 heteroatoms. The molecule has 2 aromatic heterocycles. The topological polar surface area (TPSA) is 132 Å². The van der Waals surface area contributed by atoms with Gasteiger partial charge in [-0.2, -0.15) is 5.10 Å². The smallest absolute Gasteiger partial charge is 0.189 e. The van der Waals surface area contributed by atoms with Gasteiger partial charge in [-0.05, 0) is 21.1 Å². The molecule has 102 valence electrons. The number of nitrogen functional groups attached to an aromatic ring is 1. The fourth-order valence-electron chi connectivity index (χ4n) is 2.11. The monoisotopic (exact) mass is 330 g/mol. The van der Waals surface area contributed by atoms with Gasteiger partial charge in [-0.25, -0.2) is 4.68 Å². The number of aliphatic hydroxyl groups excluding tert-OH is 2. The lowest BCUT2D eigenvalue weighted by atomic mass is 10.2. The maximum absolute atomic E-state index is 9.74. The first-order valence-corrected chi connectivity index (χ1v) is 6.38. The van der Waals surface area contributed by atoms with E-state index in [1.807, 2.05) is 0 Å². The van der Waals surface area contributed by atoms with Crippen molar-refractivity contribution in [3.05, 3.63) is 4.60 Å². The first kappa shape index (κ1) is 12.7. The summed E-state index contributed by atoms with van der Waals surface area (Å²) in [6.07, 6.45) is -1.61. The minimum Gasteiger partial charge on any atom is -0.394 e. The molecule has 1 aliphatic heterocycles. The third kappa shape index (κ3) is 1.96. The van der Waals surface area contributed by atoms with Gasteiger partial charge in [-0.1, -0.05) is 0 Å². The Morgan fingerprint density at radius 2 is 2.26 bits per heavy atom. The van der Waals surface area contributed by atoms with Crippen LogP contribution in [0.25, 0.3) is 11.0 Å². The average molecular weight is 331 g/mol. The highest BCUT2D eigenvalue weighted by molar-refractivity contribution is 9.10. The van der Waals surface area contributed by atoms with Gasteiger partial charge in [0.25, 0.3) is 0 Å². The number of ether oxygens (including phenoxy) is 1. The molecule has 3 atom stereocenters. The number of rotatable bonds is 2. The van der Waals surface area contributed by atoms with Crippen LogP contribution in [0, 0.1) is 0 Å². The SMILES string of the molecule is Nc1nnnc2c1c(Br)nn2[C@H]1C[C@H](O)[C@@H](CO)O1. The fourth-order valence-corrected chi connectivity index (χ4v) is 2.66. The van der Waals surface area contributed by atoms with Crippen LogP contribution in [0.4, 0.5) is 5.82 Å². The second-order valence-electron chi connectivity index (χ2n) is 4.22. The first-order valence-electron chi connectivity index (χ1n) is 5.58. The van der Waals surface area contributed by atoms with Crippen molar-refractivity contribution in [1.29, 1.82) is 0 Å². The Morgan fingerprint density at radius 3 is 2.95 bits per heavy atom. The second-order valence-corrected chi connectivity index (χ2v) is 4.97. The van der Waals surface area contributed by atoms with E-state index in [4.69, 9.17) is 15.6 Å². The molecule has 1 aliphatic rings. The Morgan fingerprint density at radius 1 is 1.47 bits per heavy atom. The highest BCUT2D eigenvalue weighted by Gasteiger charge is 2.36. The van der Waals surface area contributed by atoms with Gasteiger partial charge in [-0.15, -0.1) is 10.2 Å². The van der Waals surface area contributed by atoms with Crippen LogP contribution in [0.3, 0.4) is 0 Å². The number of halogens is 1. The first-order chi connectivity index (χ1) is 9.11. The molecule has 1 fully saturated rings. The number of nitrogens with zero attached hydrogens (tertiary/aromatic N) is 5. The molecule has 0 aliphatic carbocycles. The normalized spacial score (nSPS) is 27.2. The van der Waals surface area contributed by atoms with Crippen molar-refractivity contribution < 1.29 is 14.9 Å². The van der Waals surface area contributed by atoms with E-state index in [-0.39, 0.29) is 12.4 Å². The second kappa shape index (κ2) is 4.63. The summed E-state index contributed by atoms with van der Waals surface area (Å²) in [5, 5.41) is 34.7. The van der Waals surface area contributed by atoms with Crippen LogP contribution < -0.4 is 5.73 Å². The Labute approximate surface area is 115 Å². The van der Waals surface area contributed by atoms with E-state index in [1.54, 1.807) is 0 Å². The molecule has 0 radical (unpaired) electrons. The highest BCUT2D eigenvalue weighted by Crippen LogP contribution is 2.33. The molecule has 0 unspecified atom stereocenters. The molecule has 0 aromatic carbocycles. The molecular weight excluding hydrogens is 320 g/mol. The van der Waals surface area contributed by atoms with E-state index in [0.29, 0.717) is 22.1 Å². The van der Waals surface area contributed by atoms with Gasteiger partial charge < -0.3 is 20.7 Å². The van der Waals surface area contributed by atoms with Crippen molar-refractivity contribution in [2.75, 3.05) is 12.3 Å². The van der Waals surface area contributed by atoms with Crippen molar-refractivity contribution >= 4 is 32.8 Å². The molecule has 2 aromatic rings. The number of nitrogens with two attached hydrogens (primary N) is 1. The lowest BCUT2D eigenvalue weighted by Crippen LogP contribution is -2.24. The van der Waals surface area contributed by atoms with Gasteiger partial charge in [0, 0.05) is 6.42 Å². The van der Waals surface area contributed by atoms with Crippen molar-refractivity contribution in [1.82, 2.24) is 25.2 Å². The molecule has 0 spiro atoms. The molecule has 0 amide bonds. The molecule has 19 heavy (non-hydrogen) atoms. The van der Waals surface area contributed by atoms with Crippen LogP contribution in [0.5, 0.6) is 0 Å². The van der Waals surface area contributed by atoms with E-state index >= 15 is 0 Å². The highest BCUT2D eigenvalue weighted by atomic mass is 79.9. The van der Waals surface area contributed by atoms with Crippen molar-refractivity contribution in [3.63, 3.8) is 0 Å². The van der Waals surface area contributed by atoms with Gasteiger partial charge in [-0.3, -0.25) is 0 Å². The Hall–Kier alpha value is -1.36. The zero-order valence-corrected chi connectivity index (χ0v) is 11.2. The Kier molecular flexibility index (Phi) is 3.09. The molecule has 3 rings (SSSR count).